The van der Waals surface area contributed by atoms with Crippen LogP contribution in [0.15, 0.2) is 41.8 Å². The number of amides is 2. The molecule has 0 unspecified atom stereocenters. The Balaban J connectivity index is 1.75. The van der Waals surface area contributed by atoms with Crippen LogP contribution in [0.25, 0.3) is 0 Å². The van der Waals surface area contributed by atoms with E-state index in [2.05, 4.69) is 10.6 Å². The molecule has 0 saturated heterocycles. The molecule has 0 radical (unpaired) electrons. The minimum Gasteiger partial charge on any atom is -0.348 e. The predicted octanol–water partition coefficient (Wildman–Crippen LogP) is 3.15. The number of benzene rings is 1. The van der Waals surface area contributed by atoms with Crippen LogP contribution in [-0.2, 0) is 9.59 Å². The number of hydrogen-bond donors (Lipinski definition) is 2. The molecule has 2 N–H and O–H groups in total. The highest BCUT2D eigenvalue weighted by Gasteiger charge is 2.14. The lowest BCUT2D eigenvalue weighted by Crippen LogP contribution is -2.39. The number of halogens is 1. The van der Waals surface area contributed by atoms with E-state index in [1.165, 1.54) is 0 Å². The summed E-state index contributed by atoms with van der Waals surface area (Å²) >= 11 is 7.41. The predicted molar refractivity (Wildman–Crippen MR) is 98.5 cm³/mol. The minimum atomic E-state index is -0.182. The van der Waals surface area contributed by atoms with Gasteiger partial charge < -0.3 is 10.6 Å². The van der Waals surface area contributed by atoms with Crippen LogP contribution in [0.5, 0.6) is 0 Å². The molecule has 128 valence electrons. The number of carbonyl (C=O) groups is 2. The molecule has 0 saturated carbocycles. The molecular formula is C17H20ClN3O2S. The third-order valence-electron chi connectivity index (χ3n) is 3.30. The van der Waals surface area contributed by atoms with Crippen molar-refractivity contribution in [2.24, 2.45) is 0 Å². The third-order valence-corrected chi connectivity index (χ3v) is 4.61. The third kappa shape index (κ3) is 5.96. The topological polar surface area (TPSA) is 61.4 Å². The summed E-state index contributed by atoms with van der Waals surface area (Å²) in [5.74, 6) is -0.295. The summed E-state index contributed by atoms with van der Waals surface area (Å²) in [6.45, 7) is 2.23. The number of hydrogen-bond acceptors (Lipinski definition) is 4. The fourth-order valence-corrected chi connectivity index (χ4v) is 3.04. The first-order valence-electron chi connectivity index (χ1n) is 7.51. The highest BCUT2D eigenvalue weighted by Crippen LogP contribution is 2.17. The van der Waals surface area contributed by atoms with Crippen molar-refractivity contribution in [3.63, 3.8) is 0 Å². The van der Waals surface area contributed by atoms with E-state index in [1.807, 2.05) is 24.4 Å². The van der Waals surface area contributed by atoms with Crippen molar-refractivity contribution in [2.45, 2.75) is 13.0 Å². The first kappa shape index (κ1) is 18.4. The number of nitrogens with zero attached hydrogens (tertiary/aromatic N) is 1. The van der Waals surface area contributed by atoms with Gasteiger partial charge in [0.25, 0.3) is 0 Å². The van der Waals surface area contributed by atoms with Crippen LogP contribution in [0, 0.1) is 0 Å². The fraction of sp³-hybridized carbons (Fsp3) is 0.294. The Morgan fingerprint density at radius 2 is 1.83 bits per heavy atom. The van der Waals surface area contributed by atoms with Crippen molar-refractivity contribution in [1.29, 1.82) is 0 Å². The van der Waals surface area contributed by atoms with E-state index in [0.29, 0.717) is 10.7 Å². The van der Waals surface area contributed by atoms with Gasteiger partial charge in [0, 0.05) is 15.6 Å². The van der Waals surface area contributed by atoms with Gasteiger partial charge in [-0.25, -0.2) is 0 Å². The van der Waals surface area contributed by atoms with Crippen molar-refractivity contribution in [3.8, 4) is 0 Å². The first-order chi connectivity index (χ1) is 11.4. The molecule has 1 aromatic heterocycles. The molecule has 2 amide bonds. The Morgan fingerprint density at radius 1 is 1.17 bits per heavy atom. The second-order valence-electron chi connectivity index (χ2n) is 5.53. The van der Waals surface area contributed by atoms with Crippen LogP contribution in [0.4, 0.5) is 5.69 Å². The van der Waals surface area contributed by atoms with Crippen LogP contribution in [0.2, 0.25) is 5.02 Å². The smallest absolute Gasteiger partial charge is 0.238 e. The maximum absolute atomic E-state index is 12.0. The van der Waals surface area contributed by atoms with Gasteiger partial charge >= 0.3 is 0 Å². The van der Waals surface area contributed by atoms with Crippen molar-refractivity contribution in [1.82, 2.24) is 10.2 Å². The van der Waals surface area contributed by atoms with Gasteiger partial charge in [0.1, 0.15) is 0 Å². The molecule has 2 rings (SSSR count). The van der Waals surface area contributed by atoms with Gasteiger partial charge in [0.05, 0.1) is 19.1 Å². The zero-order valence-electron chi connectivity index (χ0n) is 13.6. The molecule has 1 heterocycles. The normalized spacial score (nSPS) is 12.0. The summed E-state index contributed by atoms with van der Waals surface area (Å²) in [4.78, 5) is 26.8. The van der Waals surface area contributed by atoms with E-state index in [4.69, 9.17) is 11.6 Å². The van der Waals surface area contributed by atoms with Crippen molar-refractivity contribution in [2.75, 3.05) is 25.5 Å². The average molecular weight is 366 g/mol. The van der Waals surface area contributed by atoms with Crippen molar-refractivity contribution in [3.05, 3.63) is 51.7 Å². The minimum absolute atomic E-state index is 0.0335. The maximum Gasteiger partial charge on any atom is 0.238 e. The quantitative estimate of drug-likeness (QED) is 0.792. The Morgan fingerprint density at radius 3 is 2.46 bits per heavy atom. The van der Waals surface area contributed by atoms with Crippen LogP contribution >= 0.6 is 22.9 Å². The molecule has 0 aliphatic rings. The molecule has 0 bridgehead atoms. The van der Waals surface area contributed by atoms with Crippen LogP contribution in [0.1, 0.15) is 17.8 Å². The van der Waals surface area contributed by atoms with Crippen LogP contribution < -0.4 is 10.6 Å². The fourth-order valence-electron chi connectivity index (χ4n) is 2.18. The van der Waals surface area contributed by atoms with Crippen LogP contribution in [-0.4, -0.2) is 36.9 Å². The first-order valence-corrected chi connectivity index (χ1v) is 8.76. The van der Waals surface area contributed by atoms with E-state index in [9.17, 15) is 9.59 Å². The monoisotopic (exact) mass is 365 g/mol. The number of anilines is 1. The molecule has 1 atom stereocenters. The zero-order chi connectivity index (χ0) is 17.5. The van der Waals surface area contributed by atoms with E-state index >= 15 is 0 Å². The summed E-state index contributed by atoms with van der Waals surface area (Å²) in [5.41, 5.74) is 0.675. The number of likely N-dealkylation sites (N-methyl/N-ethyl adjacent to an activating group) is 1. The Kier molecular flexibility index (Phi) is 6.78. The molecule has 7 heteroatoms. The zero-order valence-corrected chi connectivity index (χ0v) is 15.2. The molecule has 24 heavy (non-hydrogen) atoms. The maximum atomic E-state index is 12.0. The molecular weight excluding hydrogens is 346 g/mol. The van der Waals surface area contributed by atoms with E-state index in [0.717, 1.165) is 4.88 Å². The average Bonchev–Trinajstić information content (AvgIpc) is 3.03. The Hall–Kier alpha value is -1.89. The van der Waals surface area contributed by atoms with Gasteiger partial charge in [-0.05, 0) is 49.7 Å². The summed E-state index contributed by atoms with van der Waals surface area (Å²) in [6.07, 6.45) is 0. The highest BCUT2D eigenvalue weighted by molar-refractivity contribution is 7.10. The van der Waals surface area contributed by atoms with Gasteiger partial charge in [0.15, 0.2) is 0 Å². The number of rotatable bonds is 7. The Bertz CT molecular complexity index is 674. The molecule has 0 spiro atoms. The molecule has 0 aliphatic carbocycles. The highest BCUT2D eigenvalue weighted by atomic mass is 35.5. The Labute approximate surface area is 150 Å². The van der Waals surface area contributed by atoms with Gasteiger partial charge in [-0.1, -0.05) is 17.7 Å². The van der Waals surface area contributed by atoms with Crippen LogP contribution in [0.3, 0.4) is 0 Å². The van der Waals surface area contributed by atoms with Gasteiger partial charge in [0.2, 0.25) is 11.8 Å². The summed E-state index contributed by atoms with van der Waals surface area (Å²) in [7, 11) is 1.73. The lowest BCUT2D eigenvalue weighted by Gasteiger charge is -2.18. The number of thiophene rings is 1. The van der Waals surface area contributed by atoms with Crippen molar-refractivity contribution < 1.29 is 9.59 Å². The second-order valence-corrected chi connectivity index (χ2v) is 6.95. The lowest BCUT2D eigenvalue weighted by molar-refractivity contribution is -0.123. The largest absolute Gasteiger partial charge is 0.348 e. The molecule has 0 aliphatic heterocycles. The van der Waals surface area contributed by atoms with E-state index < -0.39 is 0 Å². The van der Waals surface area contributed by atoms with Gasteiger partial charge in [-0.3, -0.25) is 14.5 Å². The summed E-state index contributed by atoms with van der Waals surface area (Å²) in [6, 6.07) is 10.8. The lowest BCUT2D eigenvalue weighted by atomic mass is 10.2. The molecule has 0 fully saturated rings. The second kappa shape index (κ2) is 8.82. The van der Waals surface area contributed by atoms with Crippen molar-refractivity contribution >= 4 is 40.4 Å². The summed E-state index contributed by atoms with van der Waals surface area (Å²) in [5, 5.41) is 8.28. The standard InChI is InChI=1S/C17H20ClN3O2S/c1-12(15-4-3-9-24-15)19-16(22)10-21(2)11-17(23)20-14-7-5-13(18)6-8-14/h3-9,12H,10-11H2,1-2H3,(H,19,22)(H,20,23)/t12-/m1/s1. The van der Waals surface area contributed by atoms with Gasteiger partial charge in [-0.2, -0.15) is 0 Å². The molecule has 5 nitrogen and oxygen atoms in total. The molecule has 1 aromatic carbocycles. The molecule has 2 aromatic rings. The van der Waals surface area contributed by atoms with E-state index in [1.54, 1.807) is 47.5 Å². The van der Waals surface area contributed by atoms with Gasteiger partial charge in [-0.15, -0.1) is 11.3 Å². The SMILES string of the molecule is C[C@@H](NC(=O)CN(C)CC(=O)Nc1ccc(Cl)cc1)c1cccs1. The van der Waals surface area contributed by atoms with E-state index in [-0.39, 0.29) is 30.9 Å². The number of nitrogens with one attached hydrogen (secondary N) is 2. The number of carbonyl (C=O) groups excluding carboxylic acids is 2. The summed E-state index contributed by atoms with van der Waals surface area (Å²) < 4.78 is 0.